The molecule has 1 aromatic carbocycles. The Morgan fingerprint density at radius 1 is 0.964 bits per heavy atom. The molecule has 0 saturated carbocycles. The van der Waals surface area contributed by atoms with Crippen LogP contribution >= 0.6 is 0 Å². The molecule has 1 aliphatic carbocycles. The molecule has 6 nitrogen and oxygen atoms in total. The van der Waals surface area contributed by atoms with Gasteiger partial charge in [0.2, 0.25) is 11.8 Å². The van der Waals surface area contributed by atoms with Crippen molar-refractivity contribution < 1.29 is 24.1 Å². The molecule has 2 atom stereocenters. The molecule has 1 aromatic rings. The Hall–Kier alpha value is -2.18. The van der Waals surface area contributed by atoms with Gasteiger partial charge in [-0.1, -0.05) is 12.2 Å². The number of piperazine rings is 1. The van der Waals surface area contributed by atoms with Gasteiger partial charge in [0.25, 0.3) is 0 Å². The Labute approximate surface area is 165 Å². The van der Waals surface area contributed by atoms with Gasteiger partial charge in [-0.05, 0) is 36.6 Å². The minimum atomic E-state index is -0.104. The quantitative estimate of drug-likeness (QED) is 0.508. The number of likely N-dealkylation sites (tertiary alicyclic amines) is 1. The van der Waals surface area contributed by atoms with E-state index in [-0.39, 0.29) is 23.7 Å². The minimum absolute atomic E-state index is 0.0574. The van der Waals surface area contributed by atoms with E-state index in [1.165, 1.54) is 16.0 Å². The van der Waals surface area contributed by atoms with Crippen LogP contribution in [0.3, 0.4) is 0 Å². The zero-order chi connectivity index (χ0) is 19.1. The number of imide groups is 1. The average molecular weight is 383 g/mol. The molecule has 0 bridgehead atoms. The Kier molecular flexibility index (Phi) is 4.69. The first-order valence-corrected chi connectivity index (χ1v) is 10.6. The zero-order valence-corrected chi connectivity index (χ0v) is 16.3. The summed E-state index contributed by atoms with van der Waals surface area (Å²) >= 11 is 0. The molecule has 3 aliphatic heterocycles. The molecule has 2 fully saturated rings. The average Bonchev–Trinajstić information content (AvgIpc) is 3.28. The van der Waals surface area contributed by atoms with E-state index in [4.69, 9.17) is 4.74 Å². The summed E-state index contributed by atoms with van der Waals surface area (Å²) < 4.78 is 5.60. The molecular formula is C22H29N3O3+2. The lowest BCUT2D eigenvalue weighted by Gasteiger charge is -2.31. The fraction of sp³-hybridized carbons (Fsp3) is 0.545. The molecule has 0 aromatic heterocycles. The van der Waals surface area contributed by atoms with Crippen molar-refractivity contribution in [3.05, 3.63) is 41.5 Å². The van der Waals surface area contributed by atoms with Crippen molar-refractivity contribution in [2.45, 2.75) is 25.8 Å². The highest BCUT2D eigenvalue weighted by atomic mass is 16.5. The van der Waals surface area contributed by atoms with Gasteiger partial charge in [0, 0.05) is 12.0 Å². The predicted octanol–water partition coefficient (Wildman–Crippen LogP) is -1.19. The van der Waals surface area contributed by atoms with Crippen LogP contribution in [0.1, 0.15) is 24.0 Å². The molecule has 0 radical (unpaired) electrons. The fourth-order valence-electron chi connectivity index (χ4n) is 5.18. The third kappa shape index (κ3) is 3.25. The van der Waals surface area contributed by atoms with Gasteiger partial charge < -0.3 is 14.5 Å². The van der Waals surface area contributed by atoms with E-state index in [9.17, 15) is 9.59 Å². The molecule has 2 amide bonds. The van der Waals surface area contributed by atoms with Crippen LogP contribution in [0, 0.1) is 11.8 Å². The number of rotatable bonds is 4. The maximum atomic E-state index is 12.7. The van der Waals surface area contributed by atoms with E-state index in [2.05, 4.69) is 30.4 Å². The maximum absolute atomic E-state index is 12.7. The van der Waals surface area contributed by atoms with E-state index in [1.807, 2.05) is 0 Å². The second-order valence-electron chi connectivity index (χ2n) is 8.64. The summed E-state index contributed by atoms with van der Waals surface area (Å²) in [6.07, 6.45) is 6.58. The zero-order valence-electron chi connectivity index (χ0n) is 16.3. The molecular weight excluding hydrogens is 354 g/mol. The van der Waals surface area contributed by atoms with Gasteiger partial charge in [0.05, 0.1) is 18.4 Å². The number of benzene rings is 1. The Bertz CT molecular complexity index is 787. The van der Waals surface area contributed by atoms with Crippen LogP contribution in [0.4, 0.5) is 0 Å². The van der Waals surface area contributed by atoms with Crippen molar-refractivity contribution >= 4 is 11.8 Å². The van der Waals surface area contributed by atoms with Crippen molar-refractivity contribution in [3.8, 4) is 5.75 Å². The number of carbonyl (C=O) groups is 2. The number of ether oxygens (including phenoxy) is 1. The molecule has 3 heterocycles. The molecule has 0 unspecified atom stereocenters. The lowest BCUT2D eigenvalue weighted by molar-refractivity contribution is -1.02. The molecule has 4 aliphatic rings. The van der Waals surface area contributed by atoms with Gasteiger partial charge in [-0.15, -0.1) is 0 Å². The fourth-order valence-corrected chi connectivity index (χ4v) is 5.18. The molecule has 28 heavy (non-hydrogen) atoms. The van der Waals surface area contributed by atoms with Crippen molar-refractivity contribution in [1.29, 1.82) is 0 Å². The lowest BCUT2D eigenvalue weighted by atomic mass is 9.85. The number of amides is 2. The molecule has 2 saturated heterocycles. The number of quaternary nitrogens is 2. The first kappa shape index (κ1) is 17.9. The highest BCUT2D eigenvalue weighted by molar-refractivity contribution is 6.05. The van der Waals surface area contributed by atoms with Crippen LogP contribution in [0.5, 0.6) is 5.75 Å². The summed E-state index contributed by atoms with van der Waals surface area (Å²) in [7, 11) is 0. The molecule has 2 N–H and O–H groups in total. The Balaban J connectivity index is 1.14. The van der Waals surface area contributed by atoms with Gasteiger partial charge in [0.15, 0.2) is 6.67 Å². The largest absolute Gasteiger partial charge is 0.493 e. The number of hydrogen-bond donors (Lipinski definition) is 2. The van der Waals surface area contributed by atoms with Gasteiger partial charge in [-0.3, -0.25) is 9.59 Å². The van der Waals surface area contributed by atoms with E-state index in [1.54, 1.807) is 9.80 Å². The minimum Gasteiger partial charge on any atom is -0.493 e. The highest BCUT2D eigenvalue weighted by Crippen LogP contribution is 2.34. The number of nitrogens with one attached hydrogen (secondary N) is 2. The summed E-state index contributed by atoms with van der Waals surface area (Å²) in [4.78, 5) is 29.8. The summed E-state index contributed by atoms with van der Waals surface area (Å²) in [6.45, 7) is 6.56. The first-order chi connectivity index (χ1) is 13.7. The van der Waals surface area contributed by atoms with Gasteiger partial charge in [0.1, 0.15) is 38.5 Å². The standard InChI is InChI=1S/C22H27N3O3/c26-21-18-3-1-2-4-19(18)22(27)25(21)15-24-10-8-23(9-11-24)14-16-5-6-20-17(13-16)7-12-28-20/h1-2,5-6,13,18-19H,3-4,7-12,14-15H2/p+2/t18-,19+. The third-order valence-electron chi connectivity index (χ3n) is 6.85. The van der Waals surface area contributed by atoms with Crippen molar-refractivity contribution in [2.75, 3.05) is 39.5 Å². The van der Waals surface area contributed by atoms with Crippen molar-refractivity contribution in [2.24, 2.45) is 11.8 Å². The Morgan fingerprint density at radius 2 is 1.64 bits per heavy atom. The second-order valence-corrected chi connectivity index (χ2v) is 8.64. The number of allylic oxidation sites excluding steroid dienone is 2. The van der Waals surface area contributed by atoms with E-state index in [0.29, 0.717) is 6.67 Å². The van der Waals surface area contributed by atoms with Gasteiger partial charge >= 0.3 is 0 Å². The molecule has 0 spiro atoms. The summed E-state index contributed by atoms with van der Waals surface area (Å²) in [5.41, 5.74) is 2.72. The van der Waals surface area contributed by atoms with Gasteiger partial charge in [-0.25, -0.2) is 4.90 Å². The number of fused-ring (bicyclic) bond motifs is 2. The van der Waals surface area contributed by atoms with Crippen molar-refractivity contribution in [1.82, 2.24) is 4.90 Å². The first-order valence-electron chi connectivity index (χ1n) is 10.6. The highest BCUT2D eigenvalue weighted by Gasteiger charge is 2.48. The number of carbonyl (C=O) groups excluding carboxylic acids is 2. The van der Waals surface area contributed by atoms with E-state index in [0.717, 1.165) is 64.3 Å². The predicted molar refractivity (Wildman–Crippen MR) is 103 cm³/mol. The third-order valence-corrected chi connectivity index (χ3v) is 6.85. The summed E-state index contributed by atoms with van der Waals surface area (Å²) in [5, 5.41) is 0. The van der Waals surface area contributed by atoms with Crippen molar-refractivity contribution in [3.63, 3.8) is 0 Å². The van der Waals surface area contributed by atoms with Gasteiger partial charge in [-0.2, -0.15) is 0 Å². The van der Waals surface area contributed by atoms with E-state index < -0.39 is 0 Å². The summed E-state index contributed by atoms with van der Waals surface area (Å²) in [5.74, 6) is 0.952. The smallest absolute Gasteiger partial charge is 0.237 e. The van der Waals surface area contributed by atoms with Crippen LogP contribution in [-0.2, 0) is 22.6 Å². The Morgan fingerprint density at radius 3 is 2.36 bits per heavy atom. The number of nitrogens with zero attached hydrogens (tertiary/aromatic N) is 1. The molecule has 5 rings (SSSR count). The normalized spacial score (nSPS) is 31.6. The molecule has 148 valence electrons. The lowest BCUT2D eigenvalue weighted by Crippen LogP contribution is -3.28. The maximum Gasteiger partial charge on any atom is 0.237 e. The van der Waals surface area contributed by atoms with Crippen LogP contribution in [-0.4, -0.2) is 56.2 Å². The van der Waals surface area contributed by atoms with Crippen LogP contribution in [0.25, 0.3) is 0 Å². The topological polar surface area (TPSA) is 55.5 Å². The van der Waals surface area contributed by atoms with Crippen LogP contribution in [0.2, 0.25) is 0 Å². The monoisotopic (exact) mass is 383 g/mol. The van der Waals surface area contributed by atoms with Crippen LogP contribution in [0.15, 0.2) is 30.4 Å². The second kappa shape index (κ2) is 7.33. The SMILES string of the molecule is O=C1[C@H]2CC=CC[C@H]2C(=O)N1C[NH+]1CC[NH+](Cc2ccc3c(c2)CCO3)CC1. The summed E-state index contributed by atoms with van der Waals surface area (Å²) in [6, 6.07) is 6.59. The van der Waals surface area contributed by atoms with Crippen LogP contribution < -0.4 is 14.5 Å². The van der Waals surface area contributed by atoms with E-state index >= 15 is 0 Å². The number of hydrogen-bond acceptors (Lipinski definition) is 3. The molecule has 6 heteroatoms.